The van der Waals surface area contributed by atoms with Crippen LogP contribution in [0.2, 0.25) is 0 Å². The first-order valence-corrected chi connectivity index (χ1v) is 6.42. The number of nitriles is 2. The molecule has 0 fully saturated rings. The number of hydrogen-bond donors (Lipinski definition) is 1. The second kappa shape index (κ2) is 6.97. The van der Waals surface area contributed by atoms with E-state index in [0.29, 0.717) is 17.2 Å². The van der Waals surface area contributed by atoms with Gasteiger partial charge in [0.15, 0.2) is 0 Å². The number of carbonyl (C=O) groups excluding carboxylic acids is 1. The Morgan fingerprint density at radius 1 is 1.09 bits per heavy atom. The summed E-state index contributed by atoms with van der Waals surface area (Å²) in [4.78, 5) is 12.0. The third-order valence-electron chi connectivity index (χ3n) is 2.90. The highest BCUT2D eigenvalue weighted by atomic mass is 19.1. The van der Waals surface area contributed by atoms with Gasteiger partial charge in [-0.05, 0) is 35.9 Å². The van der Waals surface area contributed by atoms with E-state index >= 15 is 0 Å². The molecule has 0 heterocycles. The van der Waals surface area contributed by atoms with E-state index in [1.807, 2.05) is 6.07 Å². The lowest BCUT2D eigenvalue weighted by molar-refractivity contribution is -0.112. The molecular weight excluding hydrogens is 300 g/mol. The van der Waals surface area contributed by atoms with E-state index in [2.05, 4.69) is 5.32 Å². The lowest BCUT2D eigenvalue weighted by Gasteiger charge is -2.05. The van der Waals surface area contributed by atoms with E-state index < -0.39 is 17.5 Å². The SMILES string of the molecule is N#CC(=Cc1ccc(C#N)cc1)C(=O)Nc1ccc(F)cc1F. The third-order valence-corrected chi connectivity index (χ3v) is 2.90. The number of rotatable bonds is 3. The molecule has 0 aliphatic heterocycles. The minimum Gasteiger partial charge on any atom is -0.319 e. The molecule has 0 aliphatic rings. The predicted molar refractivity (Wildman–Crippen MR) is 79.7 cm³/mol. The second-order valence-electron chi connectivity index (χ2n) is 4.48. The van der Waals surface area contributed by atoms with Gasteiger partial charge in [0.05, 0.1) is 17.3 Å². The number of benzene rings is 2. The van der Waals surface area contributed by atoms with Crippen LogP contribution < -0.4 is 5.32 Å². The fraction of sp³-hybridized carbons (Fsp3) is 0. The van der Waals surface area contributed by atoms with Crippen molar-refractivity contribution < 1.29 is 13.6 Å². The zero-order chi connectivity index (χ0) is 16.8. The molecule has 0 aromatic heterocycles. The lowest BCUT2D eigenvalue weighted by atomic mass is 10.1. The number of hydrogen-bond acceptors (Lipinski definition) is 3. The Kier molecular flexibility index (Phi) is 4.81. The zero-order valence-corrected chi connectivity index (χ0v) is 11.7. The van der Waals surface area contributed by atoms with Crippen LogP contribution in [-0.2, 0) is 4.79 Å². The molecule has 23 heavy (non-hydrogen) atoms. The Bertz CT molecular complexity index is 859. The average Bonchev–Trinajstić information content (AvgIpc) is 2.55. The van der Waals surface area contributed by atoms with Gasteiger partial charge >= 0.3 is 0 Å². The number of amides is 1. The molecule has 2 aromatic carbocycles. The van der Waals surface area contributed by atoms with Gasteiger partial charge in [-0.1, -0.05) is 12.1 Å². The van der Waals surface area contributed by atoms with Crippen LogP contribution >= 0.6 is 0 Å². The standard InChI is InChI=1S/C17H9F2N3O/c18-14-5-6-16(15(19)8-14)22-17(23)13(10-21)7-11-1-3-12(9-20)4-2-11/h1-8H,(H,22,23). The molecule has 0 saturated carbocycles. The van der Waals surface area contributed by atoms with E-state index in [0.717, 1.165) is 12.1 Å². The summed E-state index contributed by atoms with van der Waals surface area (Å²) in [6.07, 6.45) is 1.30. The number of halogens is 2. The summed E-state index contributed by atoms with van der Waals surface area (Å²) in [5, 5.41) is 20.0. The minimum absolute atomic E-state index is 0.225. The number of nitrogens with one attached hydrogen (secondary N) is 1. The lowest BCUT2D eigenvalue weighted by Crippen LogP contribution is -2.14. The van der Waals surface area contributed by atoms with E-state index in [-0.39, 0.29) is 11.3 Å². The van der Waals surface area contributed by atoms with Gasteiger partial charge in [0.1, 0.15) is 23.3 Å². The highest BCUT2D eigenvalue weighted by Gasteiger charge is 2.12. The van der Waals surface area contributed by atoms with Crippen LogP contribution in [0.15, 0.2) is 48.0 Å². The normalized spacial score (nSPS) is 10.5. The quantitative estimate of drug-likeness (QED) is 0.697. The maximum absolute atomic E-state index is 13.5. The van der Waals surface area contributed by atoms with Crippen molar-refractivity contribution in [1.29, 1.82) is 10.5 Å². The summed E-state index contributed by atoms with van der Waals surface area (Å²) in [6, 6.07) is 12.6. The molecule has 0 spiro atoms. The summed E-state index contributed by atoms with van der Waals surface area (Å²) in [6.45, 7) is 0. The van der Waals surface area contributed by atoms with Crippen LogP contribution in [0, 0.1) is 34.3 Å². The first-order chi connectivity index (χ1) is 11.0. The Balaban J connectivity index is 2.22. The van der Waals surface area contributed by atoms with Crippen molar-refractivity contribution in [2.75, 3.05) is 5.32 Å². The topological polar surface area (TPSA) is 76.7 Å². The highest BCUT2D eigenvalue weighted by Crippen LogP contribution is 2.16. The fourth-order valence-electron chi connectivity index (χ4n) is 1.75. The fourth-order valence-corrected chi connectivity index (χ4v) is 1.75. The highest BCUT2D eigenvalue weighted by molar-refractivity contribution is 6.09. The van der Waals surface area contributed by atoms with Gasteiger partial charge in [0.2, 0.25) is 0 Å². The van der Waals surface area contributed by atoms with Crippen molar-refractivity contribution in [3.63, 3.8) is 0 Å². The monoisotopic (exact) mass is 309 g/mol. The number of anilines is 1. The van der Waals surface area contributed by atoms with Crippen LogP contribution in [-0.4, -0.2) is 5.91 Å². The molecule has 0 bridgehead atoms. The summed E-state index contributed by atoms with van der Waals surface area (Å²) in [7, 11) is 0. The van der Waals surface area contributed by atoms with Gasteiger partial charge in [-0.15, -0.1) is 0 Å². The molecule has 0 saturated heterocycles. The first kappa shape index (κ1) is 15.9. The first-order valence-electron chi connectivity index (χ1n) is 6.42. The van der Waals surface area contributed by atoms with Crippen LogP contribution in [0.25, 0.3) is 6.08 Å². The van der Waals surface area contributed by atoms with Crippen molar-refractivity contribution in [2.24, 2.45) is 0 Å². The molecule has 0 radical (unpaired) electrons. The maximum atomic E-state index is 13.5. The molecular formula is C17H9F2N3O. The average molecular weight is 309 g/mol. The summed E-state index contributed by atoms with van der Waals surface area (Å²) < 4.78 is 26.3. The Hall–Kier alpha value is -3.51. The van der Waals surface area contributed by atoms with Gasteiger partial charge < -0.3 is 5.32 Å². The Morgan fingerprint density at radius 3 is 2.35 bits per heavy atom. The molecule has 6 heteroatoms. The predicted octanol–water partition coefficient (Wildman–Crippen LogP) is 3.38. The summed E-state index contributed by atoms with van der Waals surface area (Å²) >= 11 is 0. The van der Waals surface area contributed by atoms with E-state index in [4.69, 9.17) is 10.5 Å². The molecule has 0 atom stereocenters. The van der Waals surface area contributed by atoms with E-state index in [1.165, 1.54) is 6.08 Å². The molecule has 2 rings (SSSR count). The van der Waals surface area contributed by atoms with Crippen LogP contribution in [0.5, 0.6) is 0 Å². The van der Waals surface area contributed by atoms with Gasteiger partial charge in [-0.3, -0.25) is 4.79 Å². The summed E-state index contributed by atoms with van der Waals surface area (Å²) in [5.41, 5.74) is 0.504. The molecule has 2 aromatic rings. The minimum atomic E-state index is -0.936. The van der Waals surface area contributed by atoms with Crippen molar-refractivity contribution in [2.45, 2.75) is 0 Å². The molecule has 0 aliphatic carbocycles. The Morgan fingerprint density at radius 2 is 1.78 bits per heavy atom. The van der Waals surface area contributed by atoms with Crippen molar-refractivity contribution >= 4 is 17.7 Å². The van der Waals surface area contributed by atoms with Crippen LogP contribution in [0.3, 0.4) is 0 Å². The number of nitrogens with zero attached hydrogens (tertiary/aromatic N) is 2. The van der Waals surface area contributed by atoms with Crippen molar-refractivity contribution in [3.8, 4) is 12.1 Å². The molecule has 4 nitrogen and oxygen atoms in total. The molecule has 1 amide bonds. The Labute approximate surface area is 130 Å². The van der Waals surface area contributed by atoms with Gasteiger partial charge in [-0.25, -0.2) is 8.78 Å². The third kappa shape index (κ3) is 3.99. The van der Waals surface area contributed by atoms with Gasteiger partial charge in [-0.2, -0.15) is 10.5 Å². The largest absolute Gasteiger partial charge is 0.319 e. The maximum Gasteiger partial charge on any atom is 0.266 e. The van der Waals surface area contributed by atoms with E-state index in [1.54, 1.807) is 30.3 Å². The number of carbonyl (C=O) groups is 1. The van der Waals surface area contributed by atoms with Crippen LogP contribution in [0.1, 0.15) is 11.1 Å². The summed E-state index contributed by atoms with van der Waals surface area (Å²) in [5.74, 6) is -2.52. The van der Waals surface area contributed by atoms with Gasteiger partial charge in [0, 0.05) is 6.07 Å². The smallest absolute Gasteiger partial charge is 0.266 e. The molecule has 0 unspecified atom stereocenters. The van der Waals surface area contributed by atoms with Gasteiger partial charge in [0.25, 0.3) is 5.91 Å². The van der Waals surface area contributed by atoms with Crippen molar-refractivity contribution in [3.05, 3.63) is 70.8 Å². The van der Waals surface area contributed by atoms with E-state index in [9.17, 15) is 13.6 Å². The van der Waals surface area contributed by atoms with Crippen molar-refractivity contribution in [1.82, 2.24) is 0 Å². The molecule has 112 valence electrons. The second-order valence-corrected chi connectivity index (χ2v) is 4.48. The van der Waals surface area contributed by atoms with Crippen LogP contribution in [0.4, 0.5) is 14.5 Å². The molecule has 1 N–H and O–H groups in total. The zero-order valence-electron chi connectivity index (χ0n) is 11.7.